The Morgan fingerprint density at radius 3 is 2.62 bits per heavy atom. The zero-order valence-corrected chi connectivity index (χ0v) is 20.3. The van der Waals surface area contributed by atoms with Crippen LogP contribution in [0, 0.1) is 0 Å². The molecule has 1 atom stereocenters. The molecule has 4 rings (SSSR count). The molecule has 0 bridgehead atoms. The topological polar surface area (TPSA) is 81.9 Å². The first-order valence-electron chi connectivity index (χ1n) is 10.6. The van der Waals surface area contributed by atoms with Gasteiger partial charge in [0.15, 0.2) is 16.6 Å². The summed E-state index contributed by atoms with van der Waals surface area (Å²) in [5.74, 6) is 2.77. The van der Waals surface area contributed by atoms with Gasteiger partial charge in [-0.05, 0) is 55.0 Å². The molecule has 8 nitrogen and oxygen atoms in total. The largest absolute Gasteiger partial charge is 0.497 e. The minimum absolute atomic E-state index is 0.303. The van der Waals surface area contributed by atoms with Crippen LogP contribution in [0.15, 0.2) is 65.3 Å². The fourth-order valence-corrected chi connectivity index (χ4v) is 4.23. The number of ether oxygens (including phenoxy) is 3. The third-order valence-electron chi connectivity index (χ3n) is 5.63. The Kier molecular flexibility index (Phi) is 6.83. The molecule has 0 saturated carbocycles. The molecule has 0 fully saturated rings. The summed E-state index contributed by atoms with van der Waals surface area (Å²) < 4.78 is 21.9. The van der Waals surface area contributed by atoms with E-state index in [1.54, 1.807) is 33.5 Å². The minimum Gasteiger partial charge on any atom is -0.497 e. The number of benzene rings is 2. The molecule has 0 radical (unpaired) electrons. The zero-order valence-electron chi connectivity index (χ0n) is 19.5. The van der Waals surface area contributed by atoms with Crippen molar-refractivity contribution in [1.29, 1.82) is 0 Å². The fourth-order valence-electron chi connectivity index (χ4n) is 3.90. The summed E-state index contributed by atoms with van der Waals surface area (Å²) in [5.41, 5.74) is 3.42. The summed E-state index contributed by atoms with van der Waals surface area (Å²) >= 11 is 5.65. The van der Waals surface area contributed by atoms with Crippen molar-refractivity contribution in [2.45, 2.75) is 13.0 Å². The second-order valence-electron chi connectivity index (χ2n) is 7.55. The Hall–Kier alpha value is -3.85. The second kappa shape index (κ2) is 9.96. The lowest BCUT2D eigenvalue weighted by Crippen LogP contribution is -2.45. The van der Waals surface area contributed by atoms with E-state index in [4.69, 9.17) is 35.9 Å². The van der Waals surface area contributed by atoms with Crippen molar-refractivity contribution in [2.75, 3.05) is 27.9 Å². The highest BCUT2D eigenvalue weighted by molar-refractivity contribution is 7.80. The van der Waals surface area contributed by atoms with E-state index < -0.39 is 0 Å². The van der Waals surface area contributed by atoms with E-state index in [-0.39, 0.29) is 6.04 Å². The van der Waals surface area contributed by atoms with Gasteiger partial charge >= 0.3 is 0 Å². The quantitative estimate of drug-likeness (QED) is 0.369. The summed E-state index contributed by atoms with van der Waals surface area (Å²) in [7, 11) is 4.81. The van der Waals surface area contributed by atoms with Gasteiger partial charge in [-0.25, -0.2) is 0 Å². The SMILES string of the molecule is C=CCN1C(=S)NC(c2cccc(OC)c2)C(c2nc(-c3ccc(OC)c(OC)c3)no2)=C1C. The van der Waals surface area contributed by atoms with Crippen molar-refractivity contribution in [3.05, 3.63) is 72.3 Å². The molecule has 0 spiro atoms. The van der Waals surface area contributed by atoms with Gasteiger partial charge in [0.25, 0.3) is 5.89 Å². The van der Waals surface area contributed by atoms with Gasteiger partial charge in [0, 0.05) is 17.8 Å². The Bertz CT molecular complexity index is 1250. The highest BCUT2D eigenvalue weighted by Crippen LogP contribution is 2.39. The number of nitrogens with one attached hydrogen (secondary N) is 1. The van der Waals surface area contributed by atoms with Crippen LogP contribution in [-0.2, 0) is 0 Å². The molecule has 34 heavy (non-hydrogen) atoms. The molecule has 0 amide bonds. The van der Waals surface area contributed by atoms with Crippen LogP contribution in [0.2, 0.25) is 0 Å². The Labute approximate surface area is 203 Å². The summed E-state index contributed by atoms with van der Waals surface area (Å²) in [6.45, 7) is 6.38. The van der Waals surface area contributed by atoms with Gasteiger partial charge < -0.3 is 29.0 Å². The molecular weight excluding hydrogens is 452 g/mol. The van der Waals surface area contributed by atoms with Crippen LogP contribution in [0.5, 0.6) is 17.2 Å². The fraction of sp³-hybridized carbons (Fsp3) is 0.240. The standard InChI is InChI=1S/C25H26N4O4S/c1-6-12-29-15(2)21(22(26-25(29)34)16-8-7-9-18(13-16)30-3)24-27-23(28-33-24)17-10-11-19(31-4)20(14-17)32-5/h6-11,13-14,22H,1,12H2,2-5H3,(H,26,34). The van der Waals surface area contributed by atoms with E-state index in [1.165, 1.54) is 0 Å². The molecule has 1 N–H and O–H groups in total. The first-order chi connectivity index (χ1) is 16.5. The molecule has 1 unspecified atom stereocenters. The number of nitrogens with zero attached hydrogens (tertiary/aromatic N) is 3. The summed E-state index contributed by atoms with van der Waals surface area (Å²) in [4.78, 5) is 6.68. The lowest BCUT2D eigenvalue weighted by molar-refractivity contribution is 0.355. The summed E-state index contributed by atoms with van der Waals surface area (Å²) in [6, 6.07) is 13.0. The highest BCUT2D eigenvalue weighted by Gasteiger charge is 2.34. The molecule has 1 aliphatic heterocycles. The number of thiocarbonyl (C=S) groups is 1. The van der Waals surface area contributed by atoms with Crippen LogP contribution in [-0.4, -0.2) is 48.0 Å². The number of hydrogen-bond donors (Lipinski definition) is 1. The van der Waals surface area contributed by atoms with E-state index in [1.807, 2.05) is 48.2 Å². The van der Waals surface area contributed by atoms with Crippen molar-refractivity contribution < 1.29 is 18.7 Å². The Morgan fingerprint density at radius 2 is 1.91 bits per heavy atom. The molecule has 0 aliphatic carbocycles. The van der Waals surface area contributed by atoms with E-state index >= 15 is 0 Å². The zero-order chi connectivity index (χ0) is 24.2. The van der Waals surface area contributed by atoms with Gasteiger partial charge in [0.05, 0.1) is 32.9 Å². The molecule has 1 aromatic heterocycles. The van der Waals surface area contributed by atoms with Crippen molar-refractivity contribution in [3.8, 4) is 28.6 Å². The monoisotopic (exact) mass is 478 g/mol. The maximum absolute atomic E-state index is 5.77. The third kappa shape index (κ3) is 4.34. The van der Waals surface area contributed by atoms with Gasteiger partial charge in [0.2, 0.25) is 5.82 Å². The van der Waals surface area contributed by atoms with Crippen LogP contribution >= 0.6 is 12.2 Å². The van der Waals surface area contributed by atoms with Crippen LogP contribution in [0.25, 0.3) is 17.0 Å². The third-order valence-corrected chi connectivity index (χ3v) is 5.97. The smallest absolute Gasteiger partial charge is 0.258 e. The average Bonchev–Trinajstić information content (AvgIpc) is 3.35. The van der Waals surface area contributed by atoms with E-state index in [0.29, 0.717) is 34.9 Å². The molecule has 176 valence electrons. The van der Waals surface area contributed by atoms with Crippen LogP contribution in [0.3, 0.4) is 0 Å². The van der Waals surface area contributed by atoms with Gasteiger partial charge in [-0.3, -0.25) is 0 Å². The van der Waals surface area contributed by atoms with Crippen LogP contribution in [0.4, 0.5) is 0 Å². The Morgan fingerprint density at radius 1 is 1.12 bits per heavy atom. The minimum atomic E-state index is -0.303. The van der Waals surface area contributed by atoms with Gasteiger partial charge in [0.1, 0.15) is 5.75 Å². The maximum atomic E-state index is 5.77. The van der Waals surface area contributed by atoms with Crippen molar-refractivity contribution in [2.24, 2.45) is 0 Å². The summed E-state index contributed by atoms with van der Waals surface area (Å²) in [5, 5.41) is 8.24. The molecule has 2 heterocycles. The Balaban J connectivity index is 1.81. The van der Waals surface area contributed by atoms with Gasteiger partial charge in [-0.2, -0.15) is 4.98 Å². The van der Waals surface area contributed by atoms with E-state index in [2.05, 4.69) is 17.1 Å². The normalized spacial score (nSPS) is 15.7. The van der Waals surface area contributed by atoms with Crippen molar-refractivity contribution >= 4 is 22.9 Å². The highest BCUT2D eigenvalue weighted by atomic mass is 32.1. The number of methoxy groups -OCH3 is 3. The molecule has 1 aliphatic rings. The number of rotatable bonds is 8. The second-order valence-corrected chi connectivity index (χ2v) is 7.94. The van der Waals surface area contributed by atoms with Crippen molar-refractivity contribution in [3.63, 3.8) is 0 Å². The molecular formula is C25H26N4O4S. The molecule has 9 heteroatoms. The maximum Gasteiger partial charge on any atom is 0.258 e. The lowest BCUT2D eigenvalue weighted by atomic mass is 9.94. The average molecular weight is 479 g/mol. The molecule has 0 saturated heterocycles. The van der Waals surface area contributed by atoms with Gasteiger partial charge in [-0.15, -0.1) is 6.58 Å². The van der Waals surface area contributed by atoms with Crippen LogP contribution < -0.4 is 19.5 Å². The van der Waals surface area contributed by atoms with E-state index in [0.717, 1.165) is 28.1 Å². The first kappa shape index (κ1) is 23.3. The van der Waals surface area contributed by atoms with Crippen LogP contribution in [0.1, 0.15) is 24.4 Å². The van der Waals surface area contributed by atoms with Gasteiger partial charge in [-0.1, -0.05) is 23.4 Å². The van der Waals surface area contributed by atoms with Crippen molar-refractivity contribution in [1.82, 2.24) is 20.4 Å². The van der Waals surface area contributed by atoms with E-state index in [9.17, 15) is 0 Å². The lowest BCUT2D eigenvalue weighted by Gasteiger charge is -2.36. The first-order valence-corrected chi connectivity index (χ1v) is 11.0. The number of aromatic nitrogens is 2. The molecule has 3 aromatic rings. The number of allylic oxidation sites excluding steroid dienone is 1. The summed E-state index contributed by atoms with van der Waals surface area (Å²) in [6.07, 6.45) is 1.80. The molecule has 2 aromatic carbocycles. The predicted octanol–water partition coefficient (Wildman–Crippen LogP) is 4.61. The number of hydrogen-bond acceptors (Lipinski definition) is 7. The predicted molar refractivity (Wildman–Crippen MR) is 134 cm³/mol.